The first-order chi connectivity index (χ1) is 31.5. The number of carbonyl (C=O) groups excluding carboxylic acids is 8. The summed E-state index contributed by atoms with van der Waals surface area (Å²) in [6.07, 6.45) is 1.49. The second-order valence-electron chi connectivity index (χ2n) is 16.6. The number of esters is 1. The van der Waals surface area contributed by atoms with Crippen molar-refractivity contribution < 1.29 is 48.2 Å². The van der Waals surface area contributed by atoms with E-state index in [4.69, 9.17) is 10.5 Å². The van der Waals surface area contributed by atoms with Gasteiger partial charge in [0.05, 0.1) is 18.2 Å². The van der Waals surface area contributed by atoms with Crippen molar-refractivity contribution in [2.24, 2.45) is 23.5 Å². The van der Waals surface area contributed by atoms with Crippen molar-refractivity contribution in [3.8, 4) is 16.9 Å². The highest BCUT2D eigenvalue weighted by atomic mass is 16.5. The Morgan fingerprint density at radius 2 is 1.08 bits per heavy atom. The lowest BCUT2D eigenvalue weighted by Crippen LogP contribution is -2.61. The van der Waals surface area contributed by atoms with Crippen LogP contribution in [0, 0.1) is 17.8 Å². The minimum Gasteiger partial charge on any atom is -0.424 e. The van der Waals surface area contributed by atoms with Crippen LogP contribution in [0.2, 0.25) is 0 Å². The van der Waals surface area contributed by atoms with Crippen molar-refractivity contribution in [3.05, 3.63) is 90.0 Å². The first kappa shape index (κ1) is 53.9. The van der Waals surface area contributed by atoms with Gasteiger partial charge >= 0.3 is 5.97 Å². The second kappa shape index (κ2) is 27.1. The monoisotopic (exact) mass is 913 g/mol. The van der Waals surface area contributed by atoms with Gasteiger partial charge in [-0.05, 0) is 66.5 Å². The number of para-hydroxylation sites is 1. The molecule has 0 saturated carbocycles. The molecule has 0 unspecified atom stereocenters. The zero-order valence-electron chi connectivity index (χ0n) is 38.9. The molecule has 358 valence electrons. The minimum absolute atomic E-state index is 0.0109. The third-order valence-corrected chi connectivity index (χ3v) is 11.9. The fraction of sp³-hybridized carbons (Fsp3) is 0.469. The van der Waals surface area contributed by atoms with E-state index in [0.717, 1.165) is 16.7 Å². The maximum Gasteiger partial charge on any atom is 0.334 e. The maximum absolute atomic E-state index is 14.0. The SMILES string of the molecule is CC[C@H](C)[C@H](NC(=O)[C@@H](Cc1ccc(-c2ccccc2)cc1)NC)C(=O)N[C@@H](CO)C(=O)N[C@H](CCC(N)=O)C(=O)N[C@@H](C(=O)N[C@H](C(=O)Oc1ccccc1C=O)[C@@H](C)CC)[C@@H](C)CC. The highest BCUT2D eigenvalue weighted by Gasteiger charge is 2.37. The summed E-state index contributed by atoms with van der Waals surface area (Å²) < 4.78 is 5.53. The lowest BCUT2D eigenvalue weighted by Gasteiger charge is -2.30. The molecule has 6 amide bonds. The molecule has 0 spiro atoms. The predicted molar refractivity (Wildman–Crippen MR) is 249 cm³/mol. The van der Waals surface area contributed by atoms with Crippen LogP contribution in [0.4, 0.5) is 0 Å². The molecule has 9 atom stereocenters. The van der Waals surface area contributed by atoms with Crippen molar-refractivity contribution in [2.75, 3.05) is 13.7 Å². The van der Waals surface area contributed by atoms with Crippen LogP contribution in [-0.4, -0.2) is 103 Å². The van der Waals surface area contributed by atoms with Gasteiger partial charge in [0.1, 0.15) is 36.0 Å². The number of amides is 6. The molecule has 0 bridgehead atoms. The smallest absolute Gasteiger partial charge is 0.334 e. The number of aliphatic hydroxyl groups is 1. The molecule has 0 saturated heterocycles. The third kappa shape index (κ3) is 15.9. The molecule has 0 heterocycles. The Kier molecular flexibility index (Phi) is 22.1. The van der Waals surface area contributed by atoms with Crippen molar-refractivity contribution in [3.63, 3.8) is 0 Å². The number of aliphatic hydroxyl groups excluding tert-OH is 1. The Labute approximate surface area is 387 Å². The summed E-state index contributed by atoms with van der Waals surface area (Å²) in [5, 5.41) is 26.5. The number of rotatable bonds is 27. The topological polar surface area (TPSA) is 264 Å². The zero-order valence-corrected chi connectivity index (χ0v) is 38.9. The van der Waals surface area contributed by atoms with E-state index in [1.807, 2.05) is 68.4 Å². The molecular formula is C49H67N7O10. The highest BCUT2D eigenvalue weighted by Crippen LogP contribution is 2.21. The summed E-state index contributed by atoms with van der Waals surface area (Å²) in [4.78, 5) is 106. The maximum atomic E-state index is 14.0. The summed E-state index contributed by atoms with van der Waals surface area (Å²) in [6.45, 7) is 9.71. The van der Waals surface area contributed by atoms with E-state index in [9.17, 15) is 43.5 Å². The van der Waals surface area contributed by atoms with Crippen molar-refractivity contribution >= 4 is 47.7 Å². The number of carbonyl (C=O) groups is 8. The van der Waals surface area contributed by atoms with E-state index in [1.54, 1.807) is 46.9 Å². The normalized spacial score (nSPS) is 15.2. The molecule has 3 rings (SSSR count). The number of hydrogen-bond acceptors (Lipinski definition) is 11. The minimum atomic E-state index is -1.60. The van der Waals surface area contributed by atoms with Crippen molar-refractivity contribution in [1.82, 2.24) is 31.9 Å². The van der Waals surface area contributed by atoms with E-state index in [2.05, 4.69) is 31.9 Å². The quantitative estimate of drug-likeness (QED) is 0.0313. The van der Waals surface area contributed by atoms with Gasteiger partial charge < -0.3 is 47.5 Å². The molecule has 17 nitrogen and oxygen atoms in total. The van der Waals surface area contributed by atoms with E-state index in [-0.39, 0.29) is 24.2 Å². The van der Waals surface area contributed by atoms with Gasteiger partial charge in [-0.2, -0.15) is 0 Å². The van der Waals surface area contributed by atoms with Crippen LogP contribution in [0.3, 0.4) is 0 Å². The van der Waals surface area contributed by atoms with Gasteiger partial charge in [-0.1, -0.05) is 128 Å². The van der Waals surface area contributed by atoms with E-state index in [0.29, 0.717) is 32.0 Å². The average Bonchev–Trinajstić information content (AvgIpc) is 3.33. The summed E-state index contributed by atoms with van der Waals surface area (Å²) in [5.74, 6) is -6.79. The Bertz CT molecular complexity index is 2100. The van der Waals surface area contributed by atoms with Gasteiger partial charge in [0.15, 0.2) is 6.29 Å². The predicted octanol–water partition coefficient (Wildman–Crippen LogP) is 2.72. The molecular weight excluding hydrogens is 847 g/mol. The van der Waals surface area contributed by atoms with Gasteiger partial charge in [-0.3, -0.25) is 33.6 Å². The number of aldehydes is 1. The standard InChI is InChI=1S/C49H67N7O10/c1-8-29(4)41(55-45(61)37(51-7)26-32-20-22-34(23-21-32)33-16-12-11-13-17-33)47(63)53-38(28-58)46(62)52-36(24-25-40(50)59)44(60)54-42(30(5)9-2)48(64)56-43(31(6)10-3)49(65)66-39-19-15-14-18-35(39)27-57/h11-23,27,29-31,36-38,41-43,51,58H,8-10,24-26,28H2,1-7H3,(H2,50,59)(H,52,62)(H,53,63)(H,54,60)(H,55,61)(H,56,64)/t29-,30-,31-,36+,37+,38-,41-,42+,43-/m0/s1. The number of ether oxygens (including phenoxy) is 1. The lowest BCUT2D eigenvalue weighted by atomic mass is 9.95. The van der Waals surface area contributed by atoms with Crippen LogP contribution in [0.15, 0.2) is 78.9 Å². The molecule has 66 heavy (non-hydrogen) atoms. The molecule has 17 heteroatoms. The Morgan fingerprint density at radius 3 is 1.61 bits per heavy atom. The summed E-state index contributed by atoms with van der Waals surface area (Å²) in [7, 11) is 1.63. The zero-order chi connectivity index (χ0) is 48.9. The first-order valence-electron chi connectivity index (χ1n) is 22.5. The fourth-order valence-corrected chi connectivity index (χ4v) is 6.98. The average molecular weight is 914 g/mol. The van der Waals surface area contributed by atoms with E-state index < -0.39 is 102 Å². The Hall–Kier alpha value is -6.46. The van der Waals surface area contributed by atoms with Gasteiger partial charge in [0.2, 0.25) is 35.4 Å². The molecule has 0 aliphatic heterocycles. The van der Waals surface area contributed by atoms with Crippen LogP contribution in [-0.2, 0) is 40.0 Å². The van der Waals surface area contributed by atoms with Crippen LogP contribution in [0.5, 0.6) is 5.75 Å². The molecule has 3 aromatic rings. The van der Waals surface area contributed by atoms with Gasteiger partial charge in [0, 0.05) is 6.42 Å². The molecule has 0 aliphatic carbocycles. The summed E-state index contributed by atoms with van der Waals surface area (Å²) >= 11 is 0. The third-order valence-electron chi connectivity index (χ3n) is 11.9. The molecule has 9 N–H and O–H groups in total. The van der Waals surface area contributed by atoms with Gasteiger partial charge in [-0.15, -0.1) is 0 Å². The second-order valence-corrected chi connectivity index (χ2v) is 16.6. The molecule has 0 aliphatic rings. The number of likely N-dealkylation sites (N-methyl/N-ethyl adjacent to an activating group) is 1. The highest BCUT2D eigenvalue weighted by molar-refractivity contribution is 5.97. The van der Waals surface area contributed by atoms with E-state index in [1.165, 1.54) is 12.1 Å². The molecule has 3 aromatic carbocycles. The summed E-state index contributed by atoms with van der Waals surface area (Å²) in [6, 6.07) is 16.4. The lowest BCUT2D eigenvalue weighted by molar-refractivity contribution is -0.142. The van der Waals surface area contributed by atoms with Crippen LogP contribution in [0.25, 0.3) is 11.1 Å². The Balaban J connectivity index is 1.76. The van der Waals surface area contributed by atoms with Gasteiger partial charge in [0.25, 0.3) is 0 Å². The molecule has 0 fully saturated rings. The fourth-order valence-electron chi connectivity index (χ4n) is 6.98. The number of nitrogens with two attached hydrogens (primary N) is 1. The van der Waals surface area contributed by atoms with Crippen molar-refractivity contribution in [2.45, 2.75) is 116 Å². The molecule has 0 radical (unpaired) electrons. The molecule has 0 aromatic heterocycles. The number of benzene rings is 3. The number of nitrogens with one attached hydrogen (secondary N) is 6. The Morgan fingerprint density at radius 1 is 0.606 bits per heavy atom. The first-order valence-corrected chi connectivity index (χ1v) is 22.5. The number of primary amides is 1. The van der Waals surface area contributed by atoms with Gasteiger partial charge in [-0.25, -0.2) is 4.79 Å². The van der Waals surface area contributed by atoms with Crippen LogP contribution >= 0.6 is 0 Å². The number of hydrogen-bond donors (Lipinski definition) is 8. The van der Waals surface area contributed by atoms with Crippen molar-refractivity contribution in [1.29, 1.82) is 0 Å². The van der Waals surface area contributed by atoms with Crippen LogP contribution < -0.4 is 42.4 Å². The van der Waals surface area contributed by atoms with Crippen LogP contribution in [0.1, 0.15) is 89.6 Å². The van der Waals surface area contributed by atoms with E-state index >= 15 is 0 Å². The summed E-state index contributed by atoms with van der Waals surface area (Å²) in [5.41, 5.74) is 8.50. The largest absolute Gasteiger partial charge is 0.424 e.